The molecule has 0 aromatic heterocycles. The molecule has 2 saturated heterocycles. The van der Waals surface area contributed by atoms with Gasteiger partial charge >= 0.3 is 0 Å². The first-order chi connectivity index (χ1) is 6.85. The lowest BCUT2D eigenvalue weighted by molar-refractivity contribution is 0.213. The molecule has 0 amide bonds. The molecule has 2 aliphatic heterocycles. The summed E-state index contributed by atoms with van der Waals surface area (Å²) in [5.41, 5.74) is 0.485. The molecule has 1 atom stereocenters. The van der Waals surface area contributed by atoms with Gasteiger partial charge in [0.05, 0.1) is 0 Å². The average Bonchev–Trinajstić information content (AvgIpc) is 2.78. The van der Waals surface area contributed by atoms with Crippen molar-refractivity contribution in [1.29, 1.82) is 0 Å². The molecular formula is C12H24N2. The molecule has 82 valence electrons. The summed E-state index contributed by atoms with van der Waals surface area (Å²) >= 11 is 0. The topological polar surface area (TPSA) is 15.3 Å². The van der Waals surface area contributed by atoms with Crippen molar-refractivity contribution in [1.82, 2.24) is 10.2 Å². The van der Waals surface area contributed by atoms with Gasteiger partial charge in [-0.1, -0.05) is 13.3 Å². The second kappa shape index (κ2) is 4.63. The highest BCUT2D eigenvalue weighted by molar-refractivity contribution is 4.95. The van der Waals surface area contributed by atoms with E-state index in [2.05, 4.69) is 17.1 Å². The number of nitrogens with zero attached hydrogens (tertiary/aromatic N) is 1. The minimum absolute atomic E-state index is 0.485. The molecule has 0 saturated carbocycles. The highest BCUT2D eigenvalue weighted by Crippen LogP contribution is 2.27. The summed E-state index contributed by atoms with van der Waals surface area (Å²) in [5.74, 6) is 0. The van der Waals surface area contributed by atoms with Crippen LogP contribution in [-0.4, -0.2) is 36.6 Å². The fourth-order valence-electron chi connectivity index (χ4n) is 3.14. The molecule has 14 heavy (non-hydrogen) atoms. The van der Waals surface area contributed by atoms with Crippen LogP contribution < -0.4 is 5.32 Å². The molecule has 1 unspecified atom stereocenters. The van der Waals surface area contributed by atoms with Gasteiger partial charge in [0.15, 0.2) is 0 Å². The summed E-state index contributed by atoms with van der Waals surface area (Å²) in [6.45, 7) is 7.54. The van der Waals surface area contributed by atoms with E-state index in [9.17, 15) is 0 Å². The molecule has 0 aliphatic carbocycles. The van der Waals surface area contributed by atoms with E-state index in [0.29, 0.717) is 5.54 Å². The van der Waals surface area contributed by atoms with Crippen LogP contribution in [-0.2, 0) is 0 Å². The van der Waals surface area contributed by atoms with Gasteiger partial charge in [0.25, 0.3) is 0 Å². The normalized spacial score (nSPS) is 34.1. The van der Waals surface area contributed by atoms with Gasteiger partial charge in [-0.05, 0) is 51.7 Å². The van der Waals surface area contributed by atoms with Gasteiger partial charge in [0, 0.05) is 12.1 Å². The van der Waals surface area contributed by atoms with Crippen LogP contribution in [0.2, 0.25) is 0 Å². The van der Waals surface area contributed by atoms with Gasteiger partial charge in [-0.3, -0.25) is 0 Å². The molecular weight excluding hydrogens is 172 g/mol. The molecule has 2 fully saturated rings. The van der Waals surface area contributed by atoms with Crippen molar-refractivity contribution < 1.29 is 0 Å². The largest absolute Gasteiger partial charge is 0.310 e. The van der Waals surface area contributed by atoms with E-state index < -0.39 is 0 Å². The lowest BCUT2D eigenvalue weighted by Gasteiger charge is -2.33. The molecule has 2 aliphatic rings. The Bertz CT molecular complexity index is 167. The van der Waals surface area contributed by atoms with Crippen molar-refractivity contribution in [3.05, 3.63) is 0 Å². The predicted octanol–water partition coefficient (Wildman–Crippen LogP) is 2.00. The van der Waals surface area contributed by atoms with E-state index in [4.69, 9.17) is 0 Å². The second-order valence-corrected chi connectivity index (χ2v) is 5.04. The summed E-state index contributed by atoms with van der Waals surface area (Å²) in [7, 11) is 0. The van der Waals surface area contributed by atoms with Crippen molar-refractivity contribution in [2.24, 2.45) is 0 Å². The zero-order valence-electron chi connectivity index (χ0n) is 9.52. The van der Waals surface area contributed by atoms with Crippen molar-refractivity contribution in [2.45, 2.75) is 51.0 Å². The number of nitrogens with one attached hydrogen (secondary N) is 1. The fourth-order valence-corrected chi connectivity index (χ4v) is 3.14. The first-order valence-corrected chi connectivity index (χ1v) is 6.32. The van der Waals surface area contributed by atoms with E-state index in [1.807, 2.05) is 0 Å². The molecule has 2 heterocycles. The summed E-state index contributed by atoms with van der Waals surface area (Å²) < 4.78 is 0. The molecule has 2 heteroatoms. The number of likely N-dealkylation sites (tertiary alicyclic amines) is 1. The zero-order valence-corrected chi connectivity index (χ0v) is 9.52. The second-order valence-electron chi connectivity index (χ2n) is 5.04. The molecule has 0 aromatic rings. The Hall–Kier alpha value is -0.0800. The molecule has 2 rings (SSSR count). The van der Waals surface area contributed by atoms with Crippen LogP contribution in [0.25, 0.3) is 0 Å². The standard InChI is InChI=1S/C12H24N2/c1-2-6-12(7-5-8-13-12)11-14-9-3-4-10-14/h13H,2-11H2,1H3. The maximum Gasteiger partial charge on any atom is 0.0309 e. The maximum absolute atomic E-state index is 3.76. The third-order valence-electron chi connectivity index (χ3n) is 3.79. The molecule has 0 spiro atoms. The number of rotatable bonds is 4. The van der Waals surface area contributed by atoms with Crippen molar-refractivity contribution in [3.8, 4) is 0 Å². The molecule has 0 radical (unpaired) electrons. The smallest absolute Gasteiger partial charge is 0.0309 e. The molecule has 1 N–H and O–H groups in total. The first-order valence-electron chi connectivity index (χ1n) is 6.32. The van der Waals surface area contributed by atoms with Crippen LogP contribution in [0.5, 0.6) is 0 Å². The van der Waals surface area contributed by atoms with Crippen LogP contribution in [0.3, 0.4) is 0 Å². The Morgan fingerprint density at radius 2 is 2.00 bits per heavy atom. The molecule has 2 nitrogen and oxygen atoms in total. The van der Waals surface area contributed by atoms with Gasteiger partial charge < -0.3 is 10.2 Å². The highest BCUT2D eigenvalue weighted by atomic mass is 15.2. The lowest BCUT2D eigenvalue weighted by Crippen LogP contribution is -2.49. The first kappa shape index (κ1) is 10.4. The summed E-state index contributed by atoms with van der Waals surface area (Å²) in [6, 6.07) is 0. The minimum atomic E-state index is 0.485. The van der Waals surface area contributed by atoms with E-state index in [0.717, 1.165) is 0 Å². The monoisotopic (exact) mass is 196 g/mol. The zero-order chi connectivity index (χ0) is 9.86. The lowest BCUT2D eigenvalue weighted by atomic mass is 9.91. The Morgan fingerprint density at radius 3 is 2.57 bits per heavy atom. The molecule has 0 bridgehead atoms. The van der Waals surface area contributed by atoms with Gasteiger partial charge in [-0.25, -0.2) is 0 Å². The quantitative estimate of drug-likeness (QED) is 0.740. The Labute approximate surface area is 88.1 Å². The van der Waals surface area contributed by atoms with Crippen LogP contribution >= 0.6 is 0 Å². The van der Waals surface area contributed by atoms with E-state index in [-0.39, 0.29) is 0 Å². The van der Waals surface area contributed by atoms with Crippen LogP contribution in [0, 0.1) is 0 Å². The van der Waals surface area contributed by atoms with Crippen molar-refractivity contribution in [3.63, 3.8) is 0 Å². The van der Waals surface area contributed by atoms with Crippen molar-refractivity contribution >= 4 is 0 Å². The van der Waals surface area contributed by atoms with Gasteiger partial charge in [0.2, 0.25) is 0 Å². The third kappa shape index (κ3) is 2.29. The number of hydrogen-bond acceptors (Lipinski definition) is 2. The minimum Gasteiger partial charge on any atom is -0.310 e. The SMILES string of the molecule is CCCC1(CN2CCCC2)CCCN1. The summed E-state index contributed by atoms with van der Waals surface area (Å²) in [4.78, 5) is 2.66. The van der Waals surface area contributed by atoms with E-state index in [1.54, 1.807) is 0 Å². The van der Waals surface area contributed by atoms with Crippen LogP contribution in [0.15, 0.2) is 0 Å². The average molecular weight is 196 g/mol. The van der Waals surface area contributed by atoms with Crippen LogP contribution in [0.4, 0.5) is 0 Å². The summed E-state index contributed by atoms with van der Waals surface area (Å²) in [5, 5.41) is 3.76. The summed E-state index contributed by atoms with van der Waals surface area (Å²) in [6.07, 6.45) is 8.31. The van der Waals surface area contributed by atoms with E-state index in [1.165, 1.54) is 64.7 Å². The van der Waals surface area contributed by atoms with Gasteiger partial charge in [0.1, 0.15) is 0 Å². The maximum atomic E-state index is 3.76. The predicted molar refractivity (Wildman–Crippen MR) is 60.5 cm³/mol. The Balaban J connectivity index is 1.89. The molecule has 0 aromatic carbocycles. The van der Waals surface area contributed by atoms with Crippen LogP contribution in [0.1, 0.15) is 45.4 Å². The fraction of sp³-hybridized carbons (Fsp3) is 1.00. The third-order valence-corrected chi connectivity index (χ3v) is 3.79. The Morgan fingerprint density at radius 1 is 1.21 bits per heavy atom. The highest BCUT2D eigenvalue weighted by Gasteiger charge is 2.34. The van der Waals surface area contributed by atoms with Gasteiger partial charge in [-0.2, -0.15) is 0 Å². The van der Waals surface area contributed by atoms with E-state index >= 15 is 0 Å². The van der Waals surface area contributed by atoms with Gasteiger partial charge in [-0.15, -0.1) is 0 Å². The number of hydrogen-bond donors (Lipinski definition) is 1. The van der Waals surface area contributed by atoms with Crippen molar-refractivity contribution in [2.75, 3.05) is 26.2 Å². The Kier molecular flexibility index (Phi) is 3.45.